The van der Waals surface area contributed by atoms with Crippen LogP contribution >= 0.6 is 0 Å². The molecular formula is C59H62IrN2OSi-2. The molecule has 0 saturated heterocycles. The van der Waals surface area contributed by atoms with Crippen molar-refractivity contribution in [2.24, 2.45) is 5.92 Å². The van der Waals surface area contributed by atoms with E-state index in [1.807, 2.05) is 15.2 Å². The van der Waals surface area contributed by atoms with Gasteiger partial charge in [0.2, 0.25) is 0 Å². The van der Waals surface area contributed by atoms with Gasteiger partial charge in [-0.15, -0.1) is 35.4 Å². The number of hydrogen-bond donors (Lipinski definition) is 0. The molecule has 3 heterocycles. The molecule has 329 valence electrons. The zero-order valence-electron chi connectivity index (χ0n) is 38.0. The quantitative estimate of drug-likeness (QED) is 0.0844. The second-order valence-corrected chi connectivity index (χ2v) is 24.4. The van der Waals surface area contributed by atoms with Crippen molar-refractivity contribution >= 4 is 35.2 Å². The molecule has 5 aromatic carbocycles. The molecule has 1 radical (unpaired) electrons. The van der Waals surface area contributed by atoms with E-state index in [4.69, 9.17) is 4.42 Å². The molecule has 0 bridgehead atoms. The van der Waals surface area contributed by atoms with E-state index in [-0.39, 0.29) is 20.1 Å². The van der Waals surface area contributed by atoms with E-state index in [1.165, 1.54) is 96.4 Å². The normalized spacial score (nSPS) is 14.6. The molecule has 5 heteroatoms. The molecule has 64 heavy (non-hydrogen) atoms. The largest absolute Gasteiger partial charge is 0.469 e. The van der Waals surface area contributed by atoms with E-state index in [0.717, 1.165) is 73.8 Å². The summed E-state index contributed by atoms with van der Waals surface area (Å²) >= 11 is 0. The predicted molar refractivity (Wildman–Crippen MR) is 267 cm³/mol. The summed E-state index contributed by atoms with van der Waals surface area (Å²) in [5, 5.41) is 3.67. The molecule has 0 amide bonds. The van der Waals surface area contributed by atoms with Gasteiger partial charge in [-0.2, -0.15) is 31.0 Å². The fourth-order valence-corrected chi connectivity index (χ4v) is 11.1. The van der Waals surface area contributed by atoms with Gasteiger partial charge in [-0.3, -0.25) is 0 Å². The van der Waals surface area contributed by atoms with Crippen LogP contribution in [0.4, 0.5) is 0 Å². The number of aromatic nitrogens is 2. The van der Waals surface area contributed by atoms with Crippen LogP contribution in [0.5, 0.6) is 0 Å². The summed E-state index contributed by atoms with van der Waals surface area (Å²) in [5.74, 6) is 1.53. The molecular weight excluding hydrogens is 973 g/mol. The topological polar surface area (TPSA) is 20.9 Å². The molecule has 2 fully saturated rings. The average Bonchev–Trinajstić information content (AvgIpc) is 3.96. The standard InChI is InChI=1S/C38H34NO.C21H28NSi.Ir/c1-26-21-37-35(25-34(26)36-23-28(19-20-39(36)2)22-27-9-5-3-6-10-27)33-18-17-32(24-38(33)40-37)31-15-13-30(14-16-31)29-11-7-4-8-12-29;1-16-10-11-18(17-8-6-7-9-17)14-20(16)21-13-12-19(15-22(21)2)23(3,4)5;/h4,7-8,11-21,23-25,27H,1-3,5-6,9-10,22H2;10-15,17H,1-2,6-9H2,3-5H3;/q2*-1;. The van der Waals surface area contributed by atoms with E-state index >= 15 is 0 Å². The van der Waals surface area contributed by atoms with Crippen molar-refractivity contribution in [3.05, 3.63) is 190 Å². The zero-order chi connectivity index (χ0) is 43.7. The smallest absolute Gasteiger partial charge is 0.134 e. The Morgan fingerprint density at radius 1 is 0.562 bits per heavy atom. The van der Waals surface area contributed by atoms with Crippen molar-refractivity contribution in [3.8, 4) is 44.8 Å². The molecule has 0 unspecified atom stereocenters. The molecule has 3 nitrogen and oxygen atoms in total. The van der Waals surface area contributed by atoms with Crippen LogP contribution in [0.2, 0.25) is 19.6 Å². The van der Waals surface area contributed by atoms with Gasteiger partial charge in [0.05, 0.1) is 37.4 Å². The fourth-order valence-electron chi connectivity index (χ4n) is 10.0. The van der Waals surface area contributed by atoms with Gasteiger partial charge in [0.15, 0.2) is 0 Å². The number of nitrogens with zero attached hydrogens (tertiary/aromatic N) is 2. The molecule has 10 rings (SSSR count). The molecule has 2 aliphatic rings. The number of fused-ring (bicyclic) bond motifs is 3. The first kappa shape index (κ1) is 45.1. The van der Waals surface area contributed by atoms with Gasteiger partial charge in [0.25, 0.3) is 0 Å². The van der Waals surface area contributed by atoms with Gasteiger partial charge in [-0.05, 0) is 65.5 Å². The summed E-state index contributed by atoms with van der Waals surface area (Å²) in [6.45, 7) is 15.8. The first-order valence-electron chi connectivity index (χ1n) is 23.2. The van der Waals surface area contributed by atoms with Crippen LogP contribution in [0.25, 0.3) is 66.7 Å². The first-order valence-corrected chi connectivity index (χ1v) is 26.7. The summed E-state index contributed by atoms with van der Waals surface area (Å²) in [7, 11) is 7.23. The number of hydrogen-bond acceptors (Lipinski definition) is 1. The Labute approximate surface area is 397 Å². The zero-order valence-corrected chi connectivity index (χ0v) is 41.4. The molecule has 8 aromatic rings. The number of furan rings is 1. The van der Waals surface area contributed by atoms with Crippen molar-refractivity contribution in [1.82, 2.24) is 0 Å². The third kappa shape index (κ3) is 9.78. The molecule has 3 aromatic heterocycles. The Kier molecular flexibility index (Phi) is 13.6. The summed E-state index contributed by atoms with van der Waals surface area (Å²) < 4.78 is 10.4. The van der Waals surface area contributed by atoms with Gasteiger partial charge in [0.1, 0.15) is 5.58 Å². The minimum absolute atomic E-state index is 0. The predicted octanol–water partition coefficient (Wildman–Crippen LogP) is 14.5. The van der Waals surface area contributed by atoms with E-state index in [1.54, 1.807) is 0 Å². The molecule has 0 atom stereocenters. The number of benzene rings is 5. The Hall–Kier alpha value is -5.45. The Morgan fingerprint density at radius 3 is 1.91 bits per heavy atom. The fraction of sp³-hybridized carbons (Fsp3) is 0.254. The number of rotatable bonds is 8. The monoisotopic (exact) mass is 1040 g/mol. The minimum atomic E-state index is -1.31. The second-order valence-electron chi connectivity index (χ2n) is 19.3. The molecule has 0 spiro atoms. The van der Waals surface area contributed by atoms with Crippen LogP contribution in [0.1, 0.15) is 86.0 Å². The van der Waals surface area contributed by atoms with Crippen LogP contribution in [0.3, 0.4) is 0 Å². The van der Waals surface area contributed by atoms with Crippen molar-refractivity contribution in [1.29, 1.82) is 0 Å². The Morgan fingerprint density at radius 2 is 1.20 bits per heavy atom. The van der Waals surface area contributed by atoms with Crippen molar-refractivity contribution < 1.29 is 33.7 Å². The Balaban J connectivity index is 0.000000199. The van der Waals surface area contributed by atoms with Gasteiger partial charge < -0.3 is 13.6 Å². The molecule has 0 N–H and O–H groups in total. The van der Waals surface area contributed by atoms with E-state index < -0.39 is 8.07 Å². The summed E-state index contributed by atoms with van der Waals surface area (Å²) in [6, 6.07) is 45.9. The molecule has 0 aliphatic heterocycles. The third-order valence-electron chi connectivity index (χ3n) is 13.8. The van der Waals surface area contributed by atoms with E-state index in [9.17, 15) is 0 Å². The third-order valence-corrected chi connectivity index (χ3v) is 15.8. The van der Waals surface area contributed by atoms with Gasteiger partial charge in [-0.1, -0.05) is 166 Å². The molecule has 2 saturated carbocycles. The van der Waals surface area contributed by atoms with Gasteiger partial charge in [0, 0.05) is 45.0 Å². The minimum Gasteiger partial charge on any atom is -0.469 e. The van der Waals surface area contributed by atoms with Crippen molar-refractivity contribution in [3.63, 3.8) is 0 Å². The summed E-state index contributed by atoms with van der Waals surface area (Å²) in [5.41, 5.74) is 16.0. The maximum atomic E-state index is 6.37. The van der Waals surface area contributed by atoms with Crippen LogP contribution in [-0.2, 0) is 26.5 Å². The first-order chi connectivity index (χ1) is 30.5. The van der Waals surface area contributed by atoms with Crippen LogP contribution in [0.15, 0.2) is 144 Å². The Bertz CT molecular complexity index is 2880. The van der Waals surface area contributed by atoms with Crippen LogP contribution in [0, 0.1) is 33.9 Å². The second kappa shape index (κ2) is 19.3. The van der Waals surface area contributed by atoms with Crippen LogP contribution < -0.4 is 14.3 Å². The van der Waals surface area contributed by atoms with Crippen molar-refractivity contribution in [2.75, 3.05) is 0 Å². The SMILES string of the molecule is [CH2-]c1cc2oc3cc(-c4ccc(-c5ccccc5)cc4)ccc3c2cc1-c1cc(CC2CCCCC2)cc[n+]1[CH2-].[CH2-]c1ccc(C2CCCC2)cc1-c1ccc([Si](C)(C)C)c[n+]1[CH2-].[Ir]. The van der Waals surface area contributed by atoms with Gasteiger partial charge in [-0.25, -0.2) is 0 Å². The van der Waals surface area contributed by atoms with Crippen molar-refractivity contribution in [2.45, 2.75) is 89.8 Å². The summed E-state index contributed by atoms with van der Waals surface area (Å²) in [4.78, 5) is 0. The van der Waals surface area contributed by atoms with E-state index in [0.29, 0.717) is 0 Å². The summed E-state index contributed by atoms with van der Waals surface area (Å²) in [6.07, 6.45) is 17.7. The maximum Gasteiger partial charge on any atom is 0.134 e. The van der Waals surface area contributed by atoms with E-state index in [2.05, 4.69) is 181 Å². The van der Waals surface area contributed by atoms with Crippen LogP contribution in [-0.4, -0.2) is 8.07 Å². The number of pyridine rings is 2. The average molecular weight is 1040 g/mol. The molecule has 2 aliphatic carbocycles. The maximum absolute atomic E-state index is 6.37. The van der Waals surface area contributed by atoms with Gasteiger partial charge >= 0.3 is 0 Å².